The molecule has 1 unspecified atom stereocenters. The summed E-state index contributed by atoms with van der Waals surface area (Å²) < 4.78 is 0. The Morgan fingerprint density at radius 3 is 2.21 bits per heavy atom. The quantitative estimate of drug-likeness (QED) is 0.880. The van der Waals surface area contributed by atoms with E-state index in [1.807, 2.05) is 12.4 Å². The molecule has 1 saturated carbocycles. The summed E-state index contributed by atoms with van der Waals surface area (Å²) in [4.78, 5) is 8.35. The van der Waals surface area contributed by atoms with Crippen molar-refractivity contribution in [3.05, 3.63) is 24.3 Å². The maximum atomic E-state index is 4.17. The molecule has 3 nitrogen and oxygen atoms in total. The van der Waals surface area contributed by atoms with Gasteiger partial charge in [-0.05, 0) is 50.0 Å². The summed E-state index contributed by atoms with van der Waals surface area (Å²) >= 11 is 0. The van der Waals surface area contributed by atoms with Gasteiger partial charge in [-0.1, -0.05) is 20.8 Å². The zero-order valence-corrected chi connectivity index (χ0v) is 12.5. The number of nitrogens with one attached hydrogen (secondary N) is 1. The summed E-state index contributed by atoms with van der Waals surface area (Å²) in [5.41, 5.74) is 1.25. The average molecular weight is 261 g/mol. The predicted octanol–water partition coefficient (Wildman–Crippen LogP) is 3.59. The fraction of sp³-hybridized carbons (Fsp3) is 0.750. The highest BCUT2D eigenvalue weighted by molar-refractivity contribution is 5.11. The van der Waals surface area contributed by atoms with Gasteiger partial charge in [0.25, 0.3) is 0 Å². The van der Waals surface area contributed by atoms with Crippen LogP contribution in [0.2, 0.25) is 0 Å². The zero-order valence-electron chi connectivity index (χ0n) is 12.5. The van der Waals surface area contributed by atoms with E-state index in [0.29, 0.717) is 6.04 Å². The predicted molar refractivity (Wildman–Crippen MR) is 78.7 cm³/mol. The zero-order chi connectivity index (χ0) is 13.7. The molecule has 0 amide bonds. The van der Waals surface area contributed by atoms with Gasteiger partial charge in [-0.25, -0.2) is 9.97 Å². The van der Waals surface area contributed by atoms with Gasteiger partial charge in [-0.2, -0.15) is 0 Å². The van der Waals surface area contributed by atoms with Crippen molar-refractivity contribution >= 4 is 0 Å². The first kappa shape index (κ1) is 14.4. The molecule has 3 heteroatoms. The fourth-order valence-electron chi connectivity index (χ4n) is 3.39. The first-order valence-corrected chi connectivity index (χ1v) is 7.70. The molecule has 1 fully saturated rings. The van der Waals surface area contributed by atoms with E-state index in [0.717, 1.165) is 24.3 Å². The van der Waals surface area contributed by atoms with Gasteiger partial charge in [0.15, 0.2) is 0 Å². The van der Waals surface area contributed by atoms with Crippen molar-refractivity contribution in [2.75, 3.05) is 6.54 Å². The van der Waals surface area contributed by atoms with Crippen molar-refractivity contribution in [1.82, 2.24) is 15.3 Å². The number of rotatable bonds is 5. The molecule has 2 rings (SSSR count). The van der Waals surface area contributed by atoms with Crippen LogP contribution < -0.4 is 5.32 Å². The normalized spacial score (nSPS) is 25.5. The van der Waals surface area contributed by atoms with Crippen LogP contribution in [-0.4, -0.2) is 16.5 Å². The van der Waals surface area contributed by atoms with Crippen LogP contribution >= 0.6 is 0 Å². The average Bonchev–Trinajstić information content (AvgIpc) is 2.46. The van der Waals surface area contributed by atoms with Crippen LogP contribution in [0, 0.1) is 17.8 Å². The van der Waals surface area contributed by atoms with Crippen LogP contribution in [0.5, 0.6) is 0 Å². The molecule has 0 spiro atoms. The SMILES string of the molecule is CCNC(c1cncnc1)C1CCC(C(C)C)CC1. The van der Waals surface area contributed by atoms with Gasteiger partial charge in [-0.15, -0.1) is 0 Å². The topological polar surface area (TPSA) is 37.8 Å². The maximum Gasteiger partial charge on any atom is 0.115 e. The fourth-order valence-corrected chi connectivity index (χ4v) is 3.39. The molecule has 0 radical (unpaired) electrons. The molecule has 1 aromatic heterocycles. The Kier molecular flexibility index (Phi) is 5.32. The minimum Gasteiger partial charge on any atom is -0.310 e. The van der Waals surface area contributed by atoms with Gasteiger partial charge in [0.2, 0.25) is 0 Å². The Labute approximate surface area is 117 Å². The third-order valence-corrected chi connectivity index (χ3v) is 4.59. The molecule has 1 aliphatic rings. The van der Waals surface area contributed by atoms with E-state index in [-0.39, 0.29) is 0 Å². The summed E-state index contributed by atoms with van der Waals surface area (Å²) in [6.45, 7) is 7.90. The molecule has 0 aromatic carbocycles. The van der Waals surface area contributed by atoms with Crippen molar-refractivity contribution in [3.63, 3.8) is 0 Å². The highest BCUT2D eigenvalue weighted by Crippen LogP contribution is 2.39. The van der Waals surface area contributed by atoms with E-state index in [1.165, 1.54) is 31.2 Å². The first-order valence-electron chi connectivity index (χ1n) is 7.70. The van der Waals surface area contributed by atoms with Crippen LogP contribution in [0.25, 0.3) is 0 Å². The van der Waals surface area contributed by atoms with Crippen molar-refractivity contribution in [2.24, 2.45) is 17.8 Å². The highest BCUT2D eigenvalue weighted by Gasteiger charge is 2.29. The van der Waals surface area contributed by atoms with E-state index in [4.69, 9.17) is 0 Å². The third-order valence-electron chi connectivity index (χ3n) is 4.59. The van der Waals surface area contributed by atoms with E-state index in [2.05, 4.69) is 36.1 Å². The van der Waals surface area contributed by atoms with E-state index in [9.17, 15) is 0 Å². The Morgan fingerprint density at radius 2 is 1.68 bits per heavy atom. The van der Waals surface area contributed by atoms with Crippen LogP contribution in [0.4, 0.5) is 0 Å². The van der Waals surface area contributed by atoms with Crippen LogP contribution in [-0.2, 0) is 0 Å². The van der Waals surface area contributed by atoms with Crippen molar-refractivity contribution in [1.29, 1.82) is 0 Å². The molecule has 1 atom stereocenters. The second kappa shape index (κ2) is 6.99. The smallest absolute Gasteiger partial charge is 0.115 e. The van der Waals surface area contributed by atoms with E-state index >= 15 is 0 Å². The first-order chi connectivity index (χ1) is 9.22. The van der Waals surface area contributed by atoms with Gasteiger partial charge in [0.1, 0.15) is 6.33 Å². The Balaban J connectivity index is 2.01. The van der Waals surface area contributed by atoms with Gasteiger partial charge < -0.3 is 5.32 Å². The second-order valence-electron chi connectivity index (χ2n) is 6.13. The number of nitrogens with zero attached hydrogens (tertiary/aromatic N) is 2. The number of aromatic nitrogens is 2. The lowest BCUT2D eigenvalue weighted by atomic mass is 9.73. The van der Waals surface area contributed by atoms with Crippen LogP contribution in [0.15, 0.2) is 18.7 Å². The molecular formula is C16H27N3. The lowest BCUT2D eigenvalue weighted by Gasteiger charge is -2.35. The summed E-state index contributed by atoms with van der Waals surface area (Å²) in [6, 6.07) is 0.430. The van der Waals surface area contributed by atoms with Gasteiger partial charge >= 0.3 is 0 Å². The minimum absolute atomic E-state index is 0.430. The van der Waals surface area contributed by atoms with Gasteiger partial charge in [0.05, 0.1) is 0 Å². The molecule has 0 aliphatic heterocycles. The molecule has 1 aromatic rings. The molecule has 19 heavy (non-hydrogen) atoms. The Bertz CT molecular complexity index is 356. The largest absolute Gasteiger partial charge is 0.310 e. The number of hydrogen-bond donors (Lipinski definition) is 1. The van der Waals surface area contributed by atoms with Gasteiger partial charge in [-0.3, -0.25) is 0 Å². The van der Waals surface area contributed by atoms with E-state index in [1.54, 1.807) is 6.33 Å². The van der Waals surface area contributed by atoms with Crippen LogP contribution in [0.3, 0.4) is 0 Å². The summed E-state index contributed by atoms with van der Waals surface area (Å²) in [6.07, 6.45) is 11.0. The lowest BCUT2D eigenvalue weighted by molar-refractivity contribution is 0.189. The van der Waals surface area contributed by atoms with Gasteiger partial charge in [0, 0.05) is 24.0 Å². The summed E-state index contributed by atoms with van der Waals surface area (Å²) in [5, 5.41) is 3.63. The Morgan fingerprint density at radius 1 is 1.11 bits per heavy atom. The van der Waals surface area contributed by atoms with Crippen molar-refractivity contribution in [3.8, 4) is 0 Å². The molecule has 1 N–H and O–H groups in total. The second-order valence-corrected chi connectivity index (χ2v) is 6.13. The monoisotopic (exact) mass is 261 g/mol. The van der Waals surface area contributed by atoms with E-state index < -0.39 is 0 Å². The summed E-state index contributed by atoms with van der Waals surface area (Å²) in [5.74, 6) is 2.49. The minimum atomic E-state index is 0.430. The van der Waals surface area contributed by atoms with Crippen molar-refractivity contribution in [2.45, 2.75) is 52.5 Å². The third kappa shape index (κ3) is 3.75. The van der Waals surface area contributed by atoms with Crippen LogP contribution in [0.1, 0.15) is 58.1 Å². The Hall–Kier alpha value is -0.960. The van der Waals surface area contributed by atoms with Crippen molar-refractivity contribution < 1.29 is 0 Å². The molecule has 0 saturated heterocycles. The lowest BCUT2D eigenvalue weighted by Crippen LogP contribution is -2.32. The molecule has 1 aliphatic carbocycles. The maximum absolute atomic E-state index is 4.17. The number of hydrogen-bond acceptors (Lipinski definition) is 3. The molecule has 1 heterocycles. The molecule has 0 bridgehead atoms. The molecule has 106 valence electrons. The standard InChI is InChI=1S/C16H27N3/c1-4-19-16(15-9-17-11-18-10-15)14-7-5-13(6-8-14)12(2)3/h9-14,16,19H,4-8H2,1-3H3. The highest BCUT2D eigenvalue weighted by atomic mass is 14.9. The molecular weight excluding hydrogens is 234 g/mol. The summed E-state index contributed by atoms with van der Waals surface area (Å²) in [7, 11) is 0.